The third-order valence-electron chi connectivity index (χ3n) is 6.64. The molecule has 0 radical (unpaired) electrons. The second kappa shape index (κ2) is 10.9. The first-order valence-corrected chi connectivity index (χ1v) is 12.1. The zero-order chi connectivity index (χ0) is 24.1. The number of carbonyl (C=O) groups excluding carboxylic acids is 1. The van der Waals surface area contributed by atoms with Crippen molar-refractivity contribution in [3.8, 4) is 0 Å². The number of rotatable bonds is 6. The molecule has 0 aliphatic carbocycles. The first-order valence-electron chi connectivity index (χ1n) is 11.7. The molecular formula is C25H30ClF3N4O. The molecule has 2 fully saturated rings. The lowest BCUT2D eigenvalue weighted by Gasteiger charge is -2.37. The van der Waals surface area contributed by atoms with Gasteiger partial charge in [-0.3, -0.25) is 9.69 Å². The molecule has 2 saturated heterocycles. The smallest absolute Gasteiger partial charge is 0.382 e. The molecule has 184 valence electrons. The number of alkyl halides is 3. The van der Waals surface area contributed by atoms with E-state index < -0.39 is 11.7 Å². The van der Waals surface area contributed by atoms with Crippen LogP contribution in [0.3, 0.4) is 0 Å². The Bertz CT molecular complexity index is 936. The van der Waals surface area contributed by atoms with E-state index >= 15 is 0 Å². The Hall–Kier alpha value is -2.45. The van der Waals surface area contributed by atoms with E-state index in [1.807, 2.05) is 29.2 Å². The monoisotopic (exact) mass is 494 g/mol. The number of carbonyl (C=O) groups is 1. The van der Waals surface area contributed by atoms with Gasteiger partial charge in [-0.1, -0.05) is 11.6 Å². The van der Waals surface area contributed by atoms with Crippen LogP contribution in [-0.2, 0) is 11.0 Å². The maximum Gasteiger partial charge on any atom is 0.416 e. The summed E-state index contributed by atoms with van der Waals surface area (Å²) in [4.78, 5) is 19.0. The Morgan fingerprint density at radius 2 is 1.53 bits per heavy atom. The van der Waals surface area contributed by atoms with Gasteiger partial charge in [0.1, 0.15) is 0 Å². The van der Waals surface area contributed by atoms with E-state index in [-0.39, 0.29) is 5.91 Å². The number of halogens is 4. The Morgan fingerprint density at radius 3 is 2.12 bits per heavy atom. The number of hydrogen-bond acceptors (Lipinski definition) is 4. The highest BCUT2D eigenvalue weighted by molar-refractivity contribution is 6.30. The number of benzene rings is 2. The van der Waals surface area contributed by atoms with Crippen LogP contribution in [0.15, 0.2) is 48.5 Å². The molecule has 34 heavy (non-hydrogen) atoms. The van der Waals surface area contributed by atoms with Crippen molar-refractivity contribution in [1.29, 1.82) is 0 Å². The van der Waals surface area contributed by atoms with Crippen molar-refractivity contribution in [1.82, 2.24) is 9.80 Å². The standard InChI is InChI=1S/C25H30ClF3N4O/c26-20-3-5-21(6-4-20)30-22-9-13-33(14-10-22)24(34)11-12-31-15-17-32(18-16-31)23-7-1-19(2-8-23)25(27,28)29/h1-8,22,30H,9-18H2. The highest BCUT2D eigenvalue weighted by Crippen LogP contribution is 2.30. The van der Waals surface area contributed by atoms with E-state index in [0.29, 0.717) is 24.0 Å². The molecule has 2 aliphatic heterocycles. The number of anilines is 2. The minimum Gasteiger partial charge on any atom is -0.382 e. The minimum absolute atomic E-state index is 0.190. The van der Waals surface area contributed by atoms with Crippen LogP contribution in [0.4, 0.5) is 24.5 Å². The van der Waals surface area contributed by atoms with Crippen LogP contribution >= 0.6 is 11.6 Å². The molecule has 0 bridgehead atoms. The average Bonchev–Trinajstić information content (AvgIpc) is 2.84. The molecule has 9 heteroatoms. The fourth-order valence-corrected chi connectivity index (χ4v) is 4.68. The molecular weight excluding hydrogens is 465 g/mol. The average molecular weight is 495 g/mol. The van der Waals surface area contributed by atoms with Crippen LogP contribution in [0, 0.1) is 0 Å². The lowest BCUT2D eigenvalue weighted by molar-refractivity contribution is -0.137. The number of piperazine rings is 1. The maximum atomic E-state index is 12.8. The van der Waals surface area contributed by atoms with Gasteiger partial charge in [0.25, 0.3) is 0 Å². The Labute approximate surface area is 203 Å². The Balaban J connectivity index is 1.15. The van der Waals surface area contributed by atoms with Gasteiger partial charge in [0.2, 0.25) is 5.91 Å². The first kappa shape index (κ1) is 24.7. The van der Waals surface area contributed by atoms with E-state index in [1.165, 1.54) is 12.1 Å². The minimum atomic E-state index is -4.31. The summed E-state index contributed by atoms with van der Waals surface area (Å²) in [6.45, 7) is 5.28. The lowest BCUT2D eigenvalue weighted by Crippen LogP contribution is -2.48. The van der Waals surface area contributed by atoms with Gasteiger partial charge in [-0.15, -0.1) is 0 Å². The van der Waals surface area contributed by atoms with Crippen molar-refractivity contribution >= 4 is 28.9 Å². The van der Waals surface area contributed by atoms with Crippen molar-refractivity contribution in [2.75, 3.05) is 56.0 Å². The number of nitrogens with zero attached hydrogens (tertiary/aromatic N) is 3. The molecule has 0 atom stereocenters. The summed E-state index contributed by atoms with van der Waals surface area (Å²) in [7, 11) is 0. The summed E-state index contributed by atoms with van der Waals surface area (Å²) in [5.41, 5.74) is 1.22. The molecule has 2 heterocycles. The van der Waals surface area contributed by atoms with Gasteiger partial charge in [-0.05, 0) is 61.4 Å². The fraction of sp³-hybridized carbons (Fsp3) is 0.480. The van der Waals surface area contributed by atoms with Crippen LogP contribution in [0.5, 0.6) is 0 Å². The van der Waals surface area contributed by atoms with Gasteiger partial charge in [0.05, 0.1) is 5.56 Å². The lowest BCUT2D eigenvalue weighted by atomic mass is 10.0. The SMILES string of the molecule is O=C(CCN1CCN(c2ccc(C(F)(F)F)cc2)CC1)N1CCC(Nc2ccc(Cl)cc2)CC1. The number of likely N-dealkylation sites (tertiary alicyclic amines) is 1. The summed E-state index contributed by atoms with van der Waals surface area (Å²) in [5, 5.41) is 4.23. The summed E-state index contributed by atoms with van der Waals surface area (Å²) in [6.07, 6.45) is -1.98. The highest BCUT2D eigenvalue weighted by Gasteiger charge is 2.30. The highest BCUT2D eigenvalue weighted by atomic mass is 35.5. The topological polar surface area (TPSA) is 38.8 Å². The number of piperidine rings is 1. The predicted octanol–water partition coefficient (Wildman–Crippen LogP) is 4.97. The molecule has 0 unspecified atom stereocenters. The molecule has 5 nitrogen and oxygen atoms in total. The Morgan fingerprint density at radius 1 is 0.912 bits per heavy atom. The zero-order valence-corrected chi connectivity index (χ0v) is 19.8. The zero-order valence-electron chi connectivity index (χ0n) is 19.0. The van der Waals surface area contributed by atoms with Crippen LogP contribution in [-0.4, -0.2) is 67.6 Å². The number of amides is 1. The molecule has 0 spiro atoms. The van der Waals surface area contributed by atoms with E-state index in [1.54, 1.807) is 0 Å². The van der Waals surface area contributed by atoms with Crippen LogP contribution in [0.2, 0.25) is 5.02 Å². The van der Waals surface area contributed by atoms with Crippen LogP contribution in [0.1, 0.15) is 24.8 Å². The third kappa shape index (κ3) is 6.57. The molecule has 2 aromatic rings. The Kier molecular flexibility index (Phi) is 7.88. The summed E-state index contributed by atoms with van der Waals surface area (Å²) < 4.78 is 38.3. The van der Waals surface area contributed by atoms with Gasteiger partial charge in [0, 0.05) is 74.7 Å². The molecule has 1 amide bonds. The van der Waals surface area contributed by atoms with Gasteiger partial charge in [-0.2, -0.15) is 13.2 Å². The molecule has 2 aromatic carbocycles. The predicted molar refractivity (Wildman–Crippen MR) is 129 cm³/mol. The molecule has 1 N–H and O–H groups in total. The van der Waals surface area contributed by atoms with Gasteiger partial charge in [-0.25, -0.2) is 0 Å². The van der Waals surface area contributed by atoms with Gasteiger partial charge >= 0.3 is 6.18 Å². The largest absolute Gasteiger partial charge is 0.416 e. The van der Waals surface area contributed by atoms with Crippen LogP contribution < -0.4 is 10.2 Å². The normalized spacial score (nSPS) is 18.2. The van der Waals surface area contributed by atoms with E-state index in [0.717, 1.165) is 75.6 Å². The molecule has 2 aliphatic rings. The van der Waals surface area contributed by atoms with Crippen molar-refractivity contribution in [3.05, 3.63) is 59.1 Å². The number of nitrogens with one attached hydrogen (secondary N) is 1. The summed E-state index contributed by atoms with van der Waals surface area (Å²) >= 11 is 5.94. The third-order valence-corrected chi connectivity index (χ3v) is 6.89. The van der Waals surface area contributed by atoms with Crippen LogP contribution in [0.25, 0.3) is 0 Å². The summed E-state index contributed by atoms with van der Waals surface area (Å²) in [5.74, 6) is 0.190. The van der Waals surface area contributed by atoms with E-state index in [2.05, 4.69) is 15.1 Å². The van der Waals surface area contributed by atoms with Gasteiger partial charge < -0.3 is 15.1 Å². The second-order valence-corrected chi connectivity index (χ2v) is 9.37. The van der Waals surface area contributed by atoms with Gasteiger partial charge in [0.15, 0.2) is 0 Å². The molecule has 4 rings (SSSR count). The second-order valence-electron chi connectivity index (χ2n) is 8.93. The molecule has 0 aromatic heterocycles. The summed E-state index contributed by atoms with van der Waals surface area (Å²) in [6, 6.07) is 13.4. The first-order chi connectivity index (χ1) is 16.3. The fourth-order valence-electron chi connectivity index (χ4n) is 4.56. The maximum absolute atomic E-state index is 12.8. The molecule has 0 saturated carbocycles. The van der Waals surface area contributed by atoms with E-state index in [4.69, 9.17) is 11.6 Å². The quantitative estimate of drug-likeness (QED) is 0.615. The van der Waals surface area contributed by atoms with E-state index in [9.17, 15) is 18.0 Å². The van der Waals surface area contributed by atoms with Crippen molar-refractivity contribution in [3.63, 3.8) is 0 Å². The van der Waals surface area contributed by atoms with Crippen molar-refractivity contribution < 1.29 is 18.0 Å². The van der Waals surface area contributed by atoms with Crippen molar-refractivity contribution in [2.24, 2.45) is 0 Å². The number of hydrogen-bond donors (Lipinski definition) is 1. The van der Waals surface area contributed by atoms with Crippen molar-refractivity contribution in [2.45, 2.75) is 31.5 Å².